The van der Waals surface area contributed by atoms with Crippen LogP contribution >= 0.6 is 11.3 Å². The summed E-state index contributed by atoms with van der Waals surface area (Å²) in [5.74, 6) is 1.18. The number of rotatable bonds is 11. The third-order valence-corrected chi connectivity index (χ3v) is 5.17. The molecular formula is C22H25NO5S. The Morgan fingerprint density at radius 1 is 1.10 bits per heavy atom. The lowest BCUT2D eigenvalue weighted by Gasteiger charge is -2.13. The molecular weight excluding hydrogens is 390 g/mol. The monoisotopic (exact) mass is 415 g/mol. The molecule has 1 heterocycles. The Bertz CT molecular complexity index is 912. The van der Waals surface area contributed by atoms with Crippen LogP contribution in [-0.2, 0) is 4.74 Å². The Morgan fingerprint density at radius 3 is 2.72 bits per heavy atom. The molecule has 6 nitrogen and oxygen atoms in total. The van der Waals surface area contributed by atoms with Crippen molar-refractivity contribution >= 4 is 27.4 Å². The minimum atomic E-state index is -0.598. The van der Waals surface area contributed by atoms with Gasteiger partial charge < -0.3 is 24.6 Å². The normalized spacial score (nSPS) is 11.9. The van der Waals surface area contributed by atoms with Crippen molar-refractivity contribution in [2.24, 2.45) is 0 Å². The van der Waals surface area contributed by atoms with E-state index in [1.807, 2.05) is 54.6 Å². The van der Waals surface area contributed by atoms with Crippen molar-refractivity contribution in [3.8, 4) is 11.5 Å². The van der Waals surface area contributed by atoms with E-state index in [0.717, 1.165) is 21.6 Å². The van der Waals surface area contributed by atoms with Gasteiger partial charge in [0.05, 0.1) is 6.61 Å². The fourth-order valence-electron chi connectivity index (χ4n) is 2.69. The molecule has 0 fully saturated rings. The number of hydrogen-bond donors (Lipinski definition) is 2. The molecule has 0 aliphatic carbocycles. The van der Waals surface area contributed by atoms with Gasteiger partial charge in [0.15, 0.2) is 0 Å². The molecule has 1 atom stereocenters. The predicted molar refractivity (Wildman–Crippen MR) is 114 cm³/mol. The number of ether oxygens (including phenoxy) is 3. The van der Waals surface area contributed by atoms with Gasteiger partial charge in [-0.3, -0.25) is 0 Å². The summed E-state index contributed by atoms with van der Waals surface area (Å²) in [5.41, 5.74) is 0. The van der Waals surface area contributed by atoms with Crippen molar-refractivity contribution < 1.29 is 24.1 Å². The SMILES string of the molecule is CCOC(=O)c1cc2cc(OCCNCC(O)COc3ccccc3)ccc2s1. The van der Waals surface area contributed by atoms with Crippen LogP contribution in [0.1, 0.15) is 16.6 Å². The van der Waals surface area contributed by atoms with E-state index in [0.29, 0.717) is 31.2 Å². The Balaban J connectivity index is 1.37. The molecule has 0 bridgehead atoms. The second kappa shape index (κ2) is 10.8. The van der Waals surface area contributed by atoms with E-state index in [2.05, 4.69) is 5.32 Å². The molecule has 1 unspecified atom stereocenters. The van der Waals surface area contributed by atoms with Crippen molar-refractivity contribution in [1.29, 1.82) is 0 Å². The number of aliphatic hydroxyl groups is 1. The van der Waals surface area contributed by atoms with Gasteiger partial charge in [-0.1, -0.05) is 18.2 Å². The van der Waals surface area contributed by atoms with Crippen LogP contribution in [0.5, 0.6) is 11.5 Å². The van der Waals surface area contributed by atoms with E-state index < -0.39 is 6.10 Å². The molecule has 3 aromatic rings. The first-order valence-corrected chi connectivity index (χ1v) is 10.4. The Kier molecular flexibility index (Phi) is 7.86. The lowest BCUT2D eigenvalue weighted by Crippen LogP contribution is -2.33. The van der Waals surface area contributed by atoms with Crippen molar-refractivity contribution in [2.45, 2.75) is 13.0 Å². The number of benzene rings is 2. The zero-order chi connectivity index (χ0) is 20.5. The van der Waals surface area contributed by atoms with Crippen LogP contribution in [0.25, 0.3) is 10.1 Å². The smallest absolute Gasteiger partial charge is 0.348 e. The maximum absolute atomic E-state index is 11.8. The summed E-state index contributed by atoms with van der Waals surface area (Å²) >= 11 is 1.41. The highest BCUT2D eigenvalue weighted by Crippen LogP contribution is 2.29. The van der Waals surface area contributed by atoms with Crippen LogP contribution in [-0.4, -0.2) is 50.1 Å². The Labute approximate surface area is 174 Å². The first-order chi connectivity index (χ1) is 14.2. The van der Waals surface area contributed by atoms with Crippen LogP contribution in [0.2, 0.25) is 0 Å². The molecule has 29 heavy (non-hydrogen) atoms. The van der Waals surface area contributed by atoms with Crippen molar-refractivity contribution in [1.82, 2.24) is 5.32 Å². The topological polar surface area (TPSA) is 77.0 Å². The lowest BCUT2D eigenvalue weighted by molar-refractivity contribution is 0.0532. The summed E-state index contributed by atoms with van der Waals surface area (Å²) in [6.07, 6.45) is -0.598. The van der Waals surface area contributed by atoms with E-state index >= 15 is 0 Å². The van der Waals surface area contributed by atoms with Gasteiger partial charge in [-0.15, -0.1) is 11.3 Å². The van der Waals surface area contributed by atoms with E-state index in [4.69, 9.17) is 14.2 Å². The Morgan fingerprint density at radius 2 is 1.93 bits per heavy atom. The van der Waals surface area contributed by atoms with Crippen molar-refractivity contribution in [2.75, 3.05) is 32.9 Å². The highest BCUT2D eigenvalue weighted by molar-refractivity contribution is 7.20. The third kappa shape index (κ3) is 6.45. The molecule has 1 aromatic heterocycles. The van der Waals surface area contributed by atoms with E-state index in [1.165, 1.54) is 11.3 Å². The lowest BCUT2D eigenvalue weighted by atomic mass is 10.2. The molecule has 0 amide bonds. The molecule has 0 saturated heterocycles. The van der Waals surface area contributed by atoms with Crippen LogP contribution in [0.15, 0.2) is 54.6 Å². The minimum Gasteiger partial charge on any atom is -0.492 e. The van der Waals surface area contributed by atoms with Crippen molar-refractivity contribution in [3.05, 3.63) is 59.5 Å². The van der Waals surface area contributed by atoms with E-state index in [-0.39, 0.29) is 12.6 Å². The maximum Gasteiger partial charge on any atom is 0.348 e. The zero-order valence-corrected chi connectivity index (χ0v) is 17.1. The van der Waals surface area contributed by atoms with Crippen LogP contribution < -0.4 is 14.8 Å². The second-order valence-corrected chi connectivity index (χ2v) is 7.44. The number of carbonyl (C=O) groups excluding carboxylic acids is 1. The Hall–Kier alpha value is -2.61. The highest BCUT2D eigenvalue weighted by atomic mass is 32.1. The van der Waals surface area contributed by atoms with Gasteiger partial charge in [0.2, 0.25) is 0 Å². The molecule has 0 radical (unpaired) electrons. The summed E-state index contributed by atoms with van der Waals surface area (Å²) in [7, 11) is 0. The van der Waals surface area contributed by atoms with Crippen LogP contribution in [0.4, 0.5) is 0 Å². The predicted octanol–water partition coefficient (Wildman–Crippen LogP) is 3.49. The minimum absolute atomic E-state index is 0.232. The van der Waals surface area contributed by atoms with Gasteiger partial charge >= 0.3 is 5.97 Å². The molecule has 0 saturated carbocycles. The number of hydrogen-bond acceptors (Lipinski definition) is 7. The molecule has 3 rings (SSSR count). The number of fused-ring (bicyclic) bond motifs is 1. The molecule has 0 aliphatic rings. The quantitative estimate of drug-likeness (QED) is 0.369. The van der Waals surface area contributed by atoms with Gasteiger partial charge in [-0.2, -0.15) is 0 Å². The maximum atomic E-state index is 11.8. The summed E-state index contributed by atoms with van der Waals surface area (Å²) in [4.78, 5) is 12.4. The van der Waals surface area contributed by atoms with Gasteiger partial charge in [-0.05, 0) is 48.7 Å². The highest BCUT2D eigenvalue weighted by Gasteiger charge is 2.11. The number of para-hydroxylation sites is 1. The average molecular weight is 416 g/mol. The summed E-state index contributed by atoms with van der Waals surface area (Å²) < 4.78 is 17.3. The zero-order valence-electron chi connectivity index (χ0n) is 16.3. The van der Waals surface area contributed by atoms with Gasteiger partial charge in [0, 0.05) is 17.8 Å². The number of aliphatic hydroxyl groups excluding tert-OH is 1. The number of nitrogens with one attached hydrogen (secondary N) is 1. The molecule has 2 N–H and O–H groups in total. The first-order valence-electron chi connectivity index (χ1n) is 9.56. The summed E-state index contributed by atoms with van der Waals surface area (Å²) in [6.45, 7) is 3.87. The first kappa shape index (κ1) is 21.1. The molecule has 2 aromatic carbocycles. The summed E-state index contributed by atoms with van der Waals surface area (Å²) in [6, 6.07) is 17.0. The van der Waals surface area contributed by atoms with Crippen LogP contribution in [0, 0.1) is 0 Å². The van der Waals surface area contributed by atoms with Gasteiger partial charge in [0.25, 0.3) is 0 Å². The molecule has 0 spiro atoms. The largest absolute Gasteiger partial charge is 0.492 e. The van der Waals surface area contributed by atoms with Gasteiger partial charge in [0.1, 0.15) is 35.7 Å². The summed E-state index contributed by atoms with van der Waals surface area (Å²) in [5, 5.41) is 14.1. The van der Waals surface area contributed by atoms with E-state index in [1.54, 1.807) is 6.92 Å². The van der Waals surface area contributed by atoms with Gasteiger partial charge in [-0.25, -0.2) is 4.79 Å². The van der Waals surface area contributed by atoms with Crippen molar-refractivity contribution in [3.63, 3.8) is 0 Å². The number of thiophene rings is 1. The number of esters is 1. The second-order valence-electron chi connectivity index (χ2n) is 6.36. The molecule has 154 valence electrons. The van der Waals surface area contributed by atoms with E-state index in [9.17, 15) is 9.90 Å². The number of carbonyl (C=O) groups is 1. The third-order valence-electron chi connectivity index (χ3n) is 4.08. The molecule has 0 aliphatic heterocycles. The van der Waals surface area contributed by atoms with Crippen LogP contribution in [0.3, 0.4) is 0 Å². The molecule has 7 heteroatoms. The standard InChI is InChI=1S/C22H25NO5S/c1-2-26-22(25)21-13-16-12-19(8-9-20(16)29-21)27-11-10-23-14-17(24)15-28-18-6-4-3-5-7-18/h3-9,12-13,17,23-24H,2,10-11,14-15H2,1H3. The fourth-order valence-corrected chi connectivity index (χ4v) is 3.63. The fraction of sp³-hybridized carbons (Fsp3) is 0.318. The average Bonchev–Trinajstić information content (AvgIpc) is 3.16.